The lowest BCUT2D eigenvalue weighted by Crippen LogP contribution is -2.22. The van der Waals surface area contributed by atoms with Gasteiger partial charge in [0.15, 0.2) is 4.34 Å². The zero-order chi connectivity index (χ0) is 14.5. The highest BCUT2D eigenvalue weighted by Gasteiger charge is 2.17. The molecule has 0 radical (unpaired) electrons. The van der Waals surface area contributed by atoms with Crippen molar-refractivity contribution in [2.24, 2.45) is 0 Å². The predicted molar refractivity (Wildman–Crippen MR) is 77.0 cm³/mol. The third kappa shape index (κ3) is 3.75. The van der Waals surface area contributed by atoms with Crippen molar-refractivity contribution >= 4 is 40.4 Å². The van der Waals surface area contributed by atoms with Gasteiger partial charge in [-0.2, -0.15) is 0 Å². The summed E-state index contributed by atoms with van der Waals surface area (Å²) in [7, 11) is 0. The van der Waals surface area contributed by atoms with Gasteiger partial charge in [0.05, 0.1) is 10.2 Å². The third-order valence-corrected chi connectivity index (χ3v) is 4.22. The van der Waals surface area contributed by atoms with Crippen LogP contribution in [0.4, 0.5) is 11.4 Å². The molecule has 1 heterocycles. The van der Waals surface area contributed by atoms with Gasteiger partial charge in [-0.25, -0.2) is 0 Å². The Morgan fingerprint density at radius 1 is 1.55 bits per heavy atom. The molecule has 1 aromatic heterocycles. The number of carbonyl (C=O) groups excluding carboxylic acids is 1. The number of benzene rings is 1. The van der Waals surface area contributed by atoms with E-state index in [9.17, 15) is 14.9 Å². The van der Waals surface area contributed by atoms with E-state index in [1.165, 1.54) is 41.3 Å². The molecule has 1 aromatic carbocycles. The number of thioether (sulfide) groups is 1. The highest BCUT2D eigenvalue weighted by atomic mass is 32.2. The van der Waals surface area contributed by atoms with Crippen molar-refractivity contribution in [3.8, 4) is 0 Å². The number of nitro groups is 1. The van der Waals surface area contributed by atoms with Crippen molar-refractivity contribution in [3.05, 3.63) is 39.9 Å². The van der Waals surface area contributed by atoms with Gasteiger partial charge in [-0.05, 0) is 13.0 Å². The van der Waals surface area contributed by atoms with Gasteiger partial charge in [0.2, 0.25) is 5.91 Å². The van der Waals surface area contributed by atoms with Crippen LogP contribution in [0.5, 0.6) is 0 Å². The molecular weight excluding hydrogens is 300 g/mol. The highest BCUT2D eigenvalue weighted by Crippen LogP contribution is 2.25. The van der Waals surface area contributed by atoms with E-state index in [-0.39, 0.29) is 16.8 Å². The lowest BCUT2D eigenvalue weighted by Gasteiger charge is -2.09. The quantitative estimate of drug-likeness (QED) is 0.518. The van der Waals surface area contributed by atoms with Crippen molar-refractivity contribution in [1.29, 1.82) is 0 Å². The molecule has 9 heteroatoms. The Hall–Kier alpha value is -2.00. The van der Waals surface area contributed by atoms with Crippen LogP contribution in [0.15, 0.2) is 34.1 Å². The molecule has 1 amide bonds. The molecule has 0 aliphatic heterocycles. The molecule has 0 unspecified atom stereocenters. The SMILES string of the molecule is C[C@@H](Sc1nncs1)C(=O)Nc1cccc([N+](=O)[O-])c1. The summed E-state index contributed by atoms with van der Waals surface area (Å²) in [4.78, 5) is 22.1. The van der Waals surface area contributed by atoms with Crippen LogP contribution in [0.2, 0.25) is 0 Å². The average molecular weight is 310 g/mol. The average Bonchev–Trinajstić information content (AvgIpc) is 2.91. The first kappa shape index (κ1) is 14.4. The highest BCUT2D eigenvalue weighted by molar-refractivity contribution is 8.02. The molecule has 1 N–H and O–H groups in total. The van der Waals surface area contributed by atoms with Crippen LogP contribution >= 0.6 is 23.1 Å². The molecule has 0 fully saturated rings. The third-order valence-electron chi connectivity index (χ3n) is 2.31. The van der Waals surface area contributed by atoms with E-state index in [1.807, 2.05) is 0 Å². The van der Waals surface area contributed by atoms with Crippen LogP contribution in [0, 0.1) is 10.1 Å². The molecule has 7 nitrogen and oxygen atoms in total. The van der Waals surface area contributed by atoms with Gasteiger partial charge >= 0.3 is 0 Å². The van der Waals surface area contributed by atoms with Crippen LogP contribution < -0.4 is 5.32 Å². The first-order valence-electron chi connectivity index (χ1n) is 5.54. The lowest BCUT2D eigenvalue weighted by molar-refractivity contribution is -0.384. The van der Waals surface area contributed by atoms with Gasteiger partial charge < -0.3 is 5.32 Å². The standard InChI is InChI=1S/C11H10N4O3S2/c1-7(20-11-14-12-6-19-11)10(16)13-8-3-2-4-9(5-8)15(17)18/h2-7H,1H3,(H,13,16)/t7-/m1/s1. The zero-order valence-electron chi connectivity index (χ0n) is 10.3. The normalized spacial score (nSPS) is 11.8. The minimum Gasteiger partial charge on any atom is -0.325 e. The maximum absolute atomic E-state index is 12.0. The number of carbonyl (C=O) groups is 1. The number of rotatable bonds is 5. The summed E-state index contributed by atoms with van der Waals surface area (Å²) in [5, 5.41) is 20.5. The summed E-state index contributed by atoms with van der Waals surface area (Å²) in [5.74, 6) is -0.245. The molecule has 2 rings (SSSR count). The topological polar surface area (TPSA) is 98.0 Å². The fourth-order valence-electron chi connectivity index (χ4n) is 1.36. The number of nitrogens with one attached hydrogen (secondary N) is 1. The van der Waals surface area contributed by atoms with Crippen molar-refractivity contribution in [2.45, 2.75) is 16.5 Å². The van der Waals surface area contributed by atoms with E-state index in [0.717, 1.165) is 0 Å². The number of hydrogen-bond acceptors (Lipinski definition) is 7. The lowest BCUT2D eigenvalue weighted by atomic mass is 10.2. The Kier molecular flexibility index (Phi) is 4.64. The number of nitro benzene ring substituents is 1. The second-order valence-electron chi connectivity index (χ2n) is 3.76. The van der Waals surface area contributed by atoms with Gasteiger partial charge in [0.25, 0.3) is 5.69 Å². The summed E-state index contributed by atoms with van der Waals surface area (Å²) in [5.41, 5.74) is 1.93. The molecular formula is C11H10N4O3S2. The fraction of sp³-hybridized carbons (Fsp3) is 0.182. The molecule has 0 aliphatic rings. The zero-order valence-corrected chi connectivity index (χ0v) is 12.0. The van der Waals surface area contributed by atoms with Gasteiger partial charge in [-0.15, -0.1) is 10.2 Å². The summed E-state index contributed by atoms with van der Waals surface area (Å²) in [6.45, 7) is 1.73. The van der Waals surface area contributed by atoms with Gasteiger partial charge in [-0.3, -0.25) is 14.9 Å². The number of anilines is 1. The molecule has 20 heavy (non-hydrogen) atoms. The minimum absolute atomic E-state index is 0.0628. The number of nitrogens with zero attached hydrogens (tertiary/aromatic N) is 3. The van der Waals surface area contributed by atoms with Crippen LogP contribution in [0.1, 0.15) is 6.92 Å². The van der Waals surface area contributed by atoms with Crippen molar-refractivity contribution in [2.75, 3.05) is 5.32 Å². The van der Waals surface area contributed by atoms with Crippen LogP contribution in [-0.2, 0) is 4.79 Å². The summed E-state index contributed by atoms with van der Waals surface area (Å²) < 4.78 is 0.701. The molecule has 0 spiro atoms. The molecule has 0 saturated carbocycles. The first-order valence-corrected chi connectivity index (χ1v) is 7.30. The summed E-state index contributed by atoms with van der Waals surface area (Å²) >= 11 is 2.64. The van der Waals surface area contributed by atoms with Crippen LogP contribution in [-0.4, -0.2) is 26.3 Å². The smallest absolute Gasteiger partial charge is 0.271 e. The van der Waals surface area contributed by atoms with E-state index in [0.29, 0.717) is 10.0 Å². The predicted octanol–water partition coefficient (Wildman–Crippen LogP) is 2.57. The summed E-state index contributed by atoms with van der Waals surface area (Å²) in [6, 6.07) is 5.82. The van der Waals surface area contributed by atoms with Crippen molar-refractivity contribution in [3.63, 3.8) is 0 Å². The van der Waals surface area contributed by atoms with Gasteiger partial charge in [-0.1, -0.05) is 29.2 Å². The van der Waals surface area contributed by atoms with Crippen molar-refractivity contribution in [1.82, 2.24) is 10.2 Å². The Labute approximate surface area is 122 Å². The van der Waals surface area contributed by atoms with Gasteiger partial charge in [0, 0.05) is 17.8 Å². The maximum Gasteiger partial charge on any atom is 0.271 e. The Morgan fingerprint density at radius 2 is 2.35 bits per heavy atom. The number of hydrogen-bond donors (Lipinski definition) is 1. The number of amides is 1. The Morgan fingerprint density at radius 3 is 3.00 bits per heavy atom. The molecule has 2 aromatic rings. The van der Waals surface area contributed by atoms with E-state index in [4.69, 9.17) is 0 Å². The van der Waals surface area contributed by atoms with Crippen LogP contribution in [0.25, 0.3) is 0 Å². The van der Waals surface area contributed by atoms with Crippen molar-refractivity contribution < 1.29 is 9.72 Å². The summed E-state index contributed by atoms with van der Waals surface area (Å²) in [6.07, 6.45) is 0. The molecule has 0 bridgehead atoms. The van der Waals surface area contributed by atoms with E-state index in [2.05, 4.69) is 15.5 Å². The number of non-ortho nitro benzene ring substituents is 1. The van der Waals surface area contributed by atoms with Crippen LogP contribution in [0.3, 0.4) is 0 Å². The fourth-order valence-corrected chi connectivity index (χ4v) is 2.99. The largest absolute Gasteiger partial charge is 0.325 e. The first-order chi connectivity index (χ1) is 9.56. The second-order valence-corrected chi connectivity index (χ2v) is 6.18. The van der Waals surface area contributed by atoms with E-state index >= 15 is 0 Å². The molecule has 0 saturated heterocycles. The second kappa shape index (κ2) is 6.44. The monoisotopic (exact) mass is 310 g/mol. The molecule has 1 atom stereocenters. The van der Waals surface area contributed by atoms with E-state index < -0.39 is 4.92 Å². The van der Waals surface area contributed by atoms with Gasteiger partial charge in [0.1, 0.15) is 5.51 Å². The minimum atomic E-state index is -0.505. The Balaban J connectivity index is 2.00. The Bertz CT molecular complexity index is 618. The number of aromatic nitrogens is 2. The molecule has 0 aliphatic carbocycles. The van der Waals surface area contributed by atoms with E-state index in [1.54, 1.807) is 18.5 Å². The molecule has 104 valence electrons. The maximum atomic E-state index is 12.0.